The van der Waals surface area contributed by atoms with E-state index in [0.717, 1.165) is 36.3 Å². The number of carbonyl (C=O) groups excluding carboxylic acids is 2. The summed E-state index contributed by atoms with van der Waals surface area (Å²) in [5, 5.41) is 5.18. The van der Waals surface area contributed by atoms with Gasteiger partial charge in [-0.05, 0) is 54.7 Å². The highest BCUT2D eigenvalue weighted by Gasteiger charge is 2.17. The molecule has 3 aromatic rings. The molecule has 1 N–H and O–H groups in total. The van der Waals surface area contributed by atoms with Crippen LogP contribution in [0.2, 0.25) is 0 Å². The van der Waals surface area contributed by atoms with Crippen molar-refractivity contribution in [3.63, 3.8) is 0 Å². The largest absolute Gasteiger partial charge is 0.454 e. The van der Waals surface area contributed by atoms with E-state index in [0.29, 0.717) is 16.4 Å². The van der Waals surface area contributed by atoms with Gasteiger partial charge < -0.3 is 14.8 Å². The van der Waals surface area contributed by atoms with E-state index < -0.39 is 0 Å². The van der Waals surface area contributed by atoms with Crippen LogP contribution in [-0.4, -0.2) is 23.5 Å². The third kappa shape index (κ3) is 3.80. The summed E-state index contributed by atoms with van der Waals surface area (Å²) in [4.78, 5) is 29.2. The van der Waals surface area contributed by atoms with Crippen molar-refractivity contribution in [1.29, 1.82) is 0 Å². The summed E-state index contributed by atoms with van der Waals surface area (Å²) in [6.07, 6.45) is 3.60. The summed E-state index contributed by atoms with van der Waals surface area (Å²) < 4.78 is 10.7. The first kappa shape index (κ1) is 18.8. The smallest absolute Gasteiger partial charge is 0.231 e. The van der Waals surface area contributed by atoms with E-state index in [2.05, 4.69) is 10.3 Å². The number of rotatable bonds is 6. The topological polar surface area (TPSA) is 77.5 Å². The number of benzene rings is 2. The minimum absolute atomic E-state index is 0.0000349. The Morgan fingerprint density at radius 2 is 1.87 bits per heavy atom. The van der Waals surface area contributed by atoms with E-state index in [1.165, 1.54) is 22.5 Å². The fourth-order valence-corrected chi connectivity index (χ4v) is 4.55. The van der Waals surface area contributed by atoms with E-state index in [-0.39, 0.29) is 31.3 Å². The molecule has 0 fully saturated rings. The maximum Gasteiger partial charge on any atom is 0.231 e. The van der Waals surface area contributed by atoms with E-state index >= 15 is 0 Å². The molecule has 5 rings (SSSR count). The number of hydrogen-bond donors (Lipinski definition) is 1. The van der Waals surface area contributed by atoms with Crippen molar-refractivity contribution < 1.29 is 19.1 Å². The van der Waals surface area contributed by atoms with Gasteiger partial charge in [0.1, 0.15) is 0 Å². The lowest BCUT2D eigenvalue weighted by Gasteiger charge is -2.05. The van der Waals surface area contributed by atoms with Crippen molar-refractivity contribution in [3.05, 3.63) is 58.5 Å². The Labute approximate surface area is 177 Å². The number of nitrogens with zero attached hydrogens (tertiary/aromatic N) is 1. The van der Waals surface area contributed by atoms with Crippen molar-refractivity contribution in [1.82, 2.24) is 4.98 Å². The zero-order valence-corrected chi connectivity index (χ0v) is 17.1. The fourth-order valence-electron chi connectivity index (χ4n) is 3.82. The molecule has 2 heterocycles. The molecule has 1 aromatic heterocycles. The van der Waals surface area contributed by atoms with Crippen LogP contribution in [-0.2, 0) is 17.6 Å². The number of ether oxygens (including phenoxy) is 2. The van der Waals surface area contributed by atoms with Gasteiger partial charge in [0.2, 0.25) is 12.7 Å². The van der Waals surface area contributed by atoms with E-state index in [1.807, 2.05) is 41.8 Å². The van der Waals surface area contributed by atoms with Crippen molar-refractivity contribution >= 4 is 28.2 Å². The van der Waals surface area contributed by atoms with Gasteiger partial charge >= 0.3 is 0 Å². The summed E-state index contributed by atoms with van der Waals surface area (Å²) in [6.45, 7) is 0.224. The molecule has 0 saturated heterocycles. The van der Waals surface area contributed by atoms with Gasteiger partial charge in [-0.25, -0.2) is 4.98 Å². The lowest BCUT2D eigenvalue weighted by Crippen LogP contribution is -2.13. The monoisotopic (exact) mass is 420 g/mol. The van der Waals surface area contributed by atoms with Crippen LogP contribution in [0, 0.1) is 0 Å². The van der Waals surface area contributed by atoms with Crippen molar-refractivity contribution in [2.24, 2.45) is 0 Å². The quantitative estimate of drug-likeness (QED) is 0.589. The number of anilines is 1. The number of aryl methyl sites for hydroxylation is 2. The fraction of sp³-hybridized carbons (Fsp3) is 0.261. The molecular weight excluding hydrogens is 400 g/mol. The molecule has 0 spiro atoms. The molecule has 0 unspecified atom stereocenters. The second-order valence-electron chi connectivity index (χ2n) is 7.41. The third-order valence-corrected chi connectivity index (χ3v) is 6.18. The first-order valence-corrected chi connectivity index (χ1v) is 10.8. The predicted octanol–water partition coefficient (Wildman–Crippen LogP) is 4.63. The summed E-state index contributed by atoms with van der Waals surface area (Å²) in [6, 6.07) is 11.5. The third-order valence-electron chi connectivity index (χ3n) is 5.42. The Balaban J connectivity index is 1.18. The summed E-state index contributed by atoms with van der Waals surface area (Å²) >= 11 is 1.35. The maximum atomic E-state index is 12.5. The second-order valence-corrected chi connectivity index (χ2v) is 8.27. The number of nitrogens with one attached hydrogen (secondary N) is 1. The highest BCUT2D eigenvalue weighted by Crippen LogP contribution is 2.36. The van der Waals surface area contributed by atoms with Gasteiger partial charge in [-0.2, -0.15) is 0 Å². The zero-order valence-electron chi connectivity index (χ0n) is 16.3. The first-order chi connectivity index (χ1) is 14.7. The highest BCUT2D eigenvalue weighted by molar-refractivity contribution is 7.14. The van der Waals surface area contributed by atoms with Crippen molar-refractivity contribution in [2.45, 2.75) is 32.1 Å². The number of fused-ring (bicyclic) bond motifs is 2. The Hall–Kier alpha value is -3.19. The Bertz CT molecular complexity index is 1140. The predicted molar refractivity (Wildman–Crippen MR) is 114 cm³/mol. The lowest BCUT2D eigenvalue weighted by molar-refractivity contribution is -0.116. The minimum Gasteiger partial charge on any atom is -0.454 e. The number of carbonyl (C=O) groups is 2. The zero-order chi connectivity index (χ0) is 20.5. The molecule has 30 heavy (non-hydrogen) atoms. The maximum absolute atomic E-state index is 12.5. The van der Waals surface area contributed by atoms with Gasteiger partial charge in [-0.3, -0.25) is 9.59 Å². The Morgan fingerprint density at radius 1 is 1.00 bits per heavy atom. The average Bonchev–Trinajstić information content (AvgIpc) is 3.50. The molecule has 2 aliphatic rings. The number of Topliss-reactive ketones (excluding diaryl/α,β-unsaturated/α-hetero) is 1. The van der Waals surface area contributed by atoms with Crippen LogP contribution in [0.15, 0.2) is 41.8 Å². The van der Waals surface area contributed by atoms with Crippen LogP contribution in [0.4, 0.5) is 5.13 Å². The molecule has 1 amide bonds. The van der Waals surface area contributed by atoms with Crippen LogP contribution >= 0.6 is 11.3 Å². The van der Waals surface area contributed by atoms with Crippen molar-refractivity contribution in [3.8, 4) is 22.8 Å². The summed E-state index contributed by atoms with van der Waals surface area (Å²) in [5.74, 6) is 1.20. The normalized spacial score (nSPS) is 13.9. The van der Waals surface area contributed by atoms with Crippen LogP contribution in [0.5, 0.6) is 11.5 Å². The van der Waals surface area contributed by atoms with E-state index in [9.17, 15) is 9.59 Å². The number of hydrogen-bond acceptors (Lipinski definition) is 6. The molecule has 1 aliphatic heterocycles. The molecule has 152 valence electrons. The summed E-state index contributed by atoms with van der Waals surface area (Å²) in [7, 11) is 0. The van der Waals surface area contributed by atoms with E-state index in [4.69, 9.17) is 9.47 Å². The number of thiazole rings is 1. The molecule has 1 aliphatic carbocycles. The summed E-state index contributed by atoms with van der Waals surface area (Å²) in [5.41, 5.74) is 4.95. The number of aromatic nitrogens is 1. The molecule has 0 saturated carbocycles. The van der Waals surface area contributed by atoms with Crippen LogP contribution in [0.1, 0.15) is 40.7 Å². The SMILES string of the molecule is O=C(CCC(=O)c1ccc2c(c1)CCC2)Nc1nc(-c2ccc3c(c2)OCO3)cs1. The molecule has 0 atom stereocenters. The second kappa shape index (κ2) is 7.91. The van der Waals surface area contributed by atoms with Crippen LogP contribution in [0.25, 0.3) is 11.3 Å². The van der Waals surface area contributed by atoms with Gasteiger partial charge in [-0.15, -0.1) is 11.3 Å². The van der Waals surface area contributed by atoms with Gasteiger partial charge in [0.05, 0.1) is 5.69 Å². The van der Waals surface area contributed by atoms with Gasteiger partial charge in [-0.1, -0.05) is 12.1 Å². The van der Waals surface area contributed by atoms with Gasteiger partial charge in [0.25, 0.3) is 0 Å². The molecule has 0 radical (unpaired) electrons. The Kier molecular flexibility index (Phi) is 4.96. The highest BCUT2D eigenvalue weighted by atomic mass is 32.1. The lowest BCUT2D eigenvalue weighted by atomic mass is 10.0. The molecule has 6 nitrogen and oxygen atoms in total. The van der Waals surface area contributed by atoms with Crippen molar-refractivity contribution in [2.75, 3.05) is 12.1 Å². The van der Waals surface area contributed by atoms with Gasteiger partial charge in [0.15, 0.2) is 22.4 Å². The number of amides is 1. The van der Waals surface area contributed by atoms with E-state index in [1.54, 1.807) is 0 Å². The minimum atomic E-state index is -0.212. The standard InChI is InChI=1S/C23H20N2O4S/c26-19(17-5-4-14-2-1-3-15(14)10-17)7-9-22(27)25-23-24-18(12-30-23)16-6-8-20-21(11-16)29-13-28-20/h4-6,8,10-12H,1-3,7,9,13H2,(H,24,25,27). The molecule has 7 heteroatoms. The molecular formula is C23H20N2O4S. The molecule has 0 bridgehead atoms. The first-order valence-electron chi connectivity index (χ1n) is 9.96. The number of ketones is 1. The van der Waals surface area contributed by atoms with Crippen LogP contribution < -0.4 is 14.8 Å². The van der Waals surface area contributed by atoms with Crippen LogP contribution in [0.3, 0.4) is 0 Å². The average molecular weight is 420 g/mol. The Morgan fingerprint density at radius 3 is 2.80 bits per heavy atom. The van der Waals surface area contributed by atoms with Gasteiger partial charge in [0, 0.05) is 29.3 Å². The molecule has 2 aromatic carbocycles.